The van der Waals surface area contributed by atoms with Gasteiger partial charge in [0.15, 0.2) is 0 Å². The maximum absolute atomic E-state index is 13.4. The van der Waals surface area contributed by atoms with E-state index in [-0.39, 0.29) is 28.0 Å². The second-order valence-corrected chi connectivity index (χ2v) is 10.0. The van der Waals surface area contributed by atoms with Crippen LogP contribution in [0.5, 0.6) is 0 Å². The Hall–Kier alpha value is -3.40. The lowest BCUT2D eigenvalue weighted by Crippen LogP contribution is -2.43. The number of sulfonamides is 1. The first-order valence-electron chi connectivity index (χ1n) is 10.7. The standard InChI is InChI=1S/C25H26ClN3O5S/c1-17(25(30)31)29(35(32,33)23-8-3-2-7-22(23)26)21-6-4-5-19(15-21)16-34-14-13-18-9-11-20(12-10-18)24(27)28/h2-12,15,17H,13-14,16H2,1H3,(H3,27,28)(H,30,31). The largest absolute Gasteiger partial charge is 0.480 e. The van der Waals surface area contributed by atoms with Gasteiger partial charge in [0.1, 0.15) is 16.8 Å². The van der Waals surface area contributed by atoms with E-state index in [1.54, 1.807) is 36.4 Å². The van der Waals surface area contributed by atoms with Gasteiger partial charge >= 0.3 is 5.97 Å². The predicted octanol–water partition coefficient (Wildman–Crippen LogP) is 4.05. The number of rotatable bonds is 11. The van der Waals surface area contributed by atoms with Crippen LogP contribution in [0.2, 0.25) is 5.02 Å². The zero-order valence-electron chi connectivity index (χ0n) is 19.0. The van der Waals surface area contributed by atoms with Crippen LogP contribution < -0.4 is 10.0 Å². The van der Waals surface area contributed by atoms with E-state index in [9.17, 15) is 18.3 Å². The number of anilines is 1. The van der Waals surface area contributed by atoms with Crippen molar-refractivity contribution in [3.63, 3.8) is 0 Å². The monoisotopic (exact) mass is 515 g/mol. The number of nitrogens with two attached hydrogens (primary N) is 1. The number of halogens is 1. The Balaban J connectivity index is 1.76. The van der Waals surface area contributed by atoms with Gasteiger partial charge in [-0.2, -0.15) is 0 Å². The molecule has 0 saturated heterocycles. The maximum atomic E-state index is 13.4. The first kappa shape index (κ1) is 26.2. The fourth-order valence-electron chi connectivity index (χ4n) is 3.45. The number of nitrogens with zero attached hydrogens (tertiary/aromatic N) is 1. The number of aliphatic carboxylic acids is 1. The van der Waals surface area contributed by atoms with Crippen molar-refractivity contribution in [2.75, 3.05) is 10.9 Å². The van der Waals surface area contributed by atoms with Crippen LogP contribution in [-0.4, -0.2) is 38.0 Å². The zero-order chi connectivity index (χ0) is 25.6. The van der Waals surface area contributed by atoms with Crippen LogP contribution in [0.1, 0.15) is 23.6 Å². The van der Waals surface area contributed by atoms with Gasteiger partial charge in [0.25, 0.3) is 10.0 Å². The SMILES string of the molecule is CC(C(=O)O)N(c1cccc(COCCc2ccc(C(=N)N)cc2)c1)S(=O)(=O)c1ccccc1Cl. The van der Waals surface area contributed by atoms with Crippen LogP contribution in [0.25, 0.3) is 0 Å². The number of nitrogens with one attached hydrogen (secondary N) is 1. The Labute approximate surface area is 209 Å². The summed E-state index contributed by atoms with van der Waals surface area (Å²) in [6.45, 7) is 1.93. The van der Waals surface area contributed by atoms with E-state index in [1.165, 1.54) is 31.2 Å². The molecule has 0 aromatic heterocycles. The molecule has 0 heterocycles. The van der Waals surface area contributed by atoms with E-state index in [2.05, 4.69) is 0 Å². The third-order valence-electron chi connectivity index (χ3n) is 5.32. The van der Waals surface area contributed by atoms with Gasteiger partial charge in [0.05, 0.1) is 23.9 Å². The lowest BCUT2D eigenvalue weighted by Gasteiger charge is -2.28. The van der Waals surface area contributed by atoms with Gasteiger partial charge in [0, 0.05) is 5.56 Å². The summed E-state index contributed by atoms with van der Waals surface area (Å²) in [7, 11) is -4.26. The summed E-state index contributed by atoms with van der Waals surface area (Å²) in [6, 6.07) is 18.4. The van der Waals surface area contributed by atoms with Gasteiger partial charge < -0.3 is 15.6 Å². The summed E-state index contributed by atoms with van der Waals surface area (Å²) in [6.07, 6.45) is 0.640. The van der Waals surface area contributed by atoms with Crippen LogP contribution in [0.4, 0.5) is 5.69 Å². The Morgan fingerprint density at radius 1 is 1.09 bits per heavy atom. The van der Waals surface area contributed by atoms with Crippen LogP contribution in [0, 0.1) is 5.41 Å². The highest BCUT2D eigenvalue weighted by Crippen LogP contribution is 2.31. The molecule has 3 aromatic rings. The van der Waals surface area contributed by atoms with E-state index in [4.69, 9.17) is 27.5 Å². The van der Waals surface area contributed by atoms with E-state index in [0.717, 1.165) is 9.87 Å². The van der Waals surface area contributed by atoms with Gasteiger partial charge in [-0.15, -0.1) is 0 Å². The number of amidine groups is 1. The van der Waals surface area contributed by atoms with Crippen molar-refractivity contribution in [3.05, 3.63) is 94.5 Å². The molecule has 3 rings (SSSR count). The molecule has 0 aliphatic heterocycles. The van der Waals surface area contributed by atoms with Crippen molar-refractivity contribution in [1.82, 2.24) is 0 Å². The molecule has 0 spiro atoms. The number of carboxylic acid groups (broad SMARTS) is 1. The van der Waals surface area contributed by atoms with Crippen molar-refractivity contribution in [2.24, 2.45) is 5.73 Å². The van der Waals surface area contributed by atoms with Crippen molar-refractivity contribution in [2.45, 2.75) is 30.9 Å². The lowest BCUT2D eigenvalue weighted by atomic mass is 10.1. The molecular weight excluding hydrogens is 490 g/mol. The quantitative estimate of drug-likeness (QED) is 0.200. The van der Waals surface area contributed by atoms with Gasteiger partial charge in [-0.25, -0.2) is 13.2 Å². The fourth-order valence-corrected chi connectivity index (χ4v) is 5.55. The third kappa shape index (κ3) is 6.39. The number of carbonyl (C=O) groups is 1. The molecule has 0 amide bonds. The summed E-state index contributed by atoms with van der Waals surface area (Å²) in [5, 5.41) is 17.1. The summed E-state index contributed by atoms with van der Waals surface area (Å²) in [5.74, 6) is -1.28. The summed E-state index contributed by atoms with van der Waals surface area (Å²) in [4.78, 5) is 11.6. The van der Waals surface area contributed by atoms with E-state index in [1.807, 2.05) is 12.1 Å². The van der Waals surface area contributed by atoms with Gasteiger partial charge in [-0.3, -0.25) is 9.71 Å². The highest BCUT2D eigenvalue weighted by molar-refractivity contribution is 7.93. The van der Waals surface area contributed by atoms with Gasteiger partial charge in [0.2, 0.25) is 0 Å². The zero-order valence-corrected chi connectivity index (χ0v) is 20.6. The minimum atomic E-state index is -4.26. The Morgan fingerprint density at radius 3 is 2.40 bits per heavy atom. The average Bonchev–Trinajstić information content (AvgIpc) is 2.82. The Bertz CT molecular complexity index is 1310. The van der Waals surface area contributed by atoms with Crippen LogP contribution in [0.15, 0.2) is 77.7 Å². The van der Waals surface area contributed by atoms with Crippen molar-refractivity contribution < 1.29 is 23.1 Å². The van der Waals surface area contributed by atoms with Crippen LogP contribution in [0.3, 0.4) is 0 Å². The van der Waals surface area contributed by atoms with Crippen molar-refractivity contribution in [3.8, 4) is 0 Å². The molecule has 35 heavy (non-hydrogen) atoms. The first-order chi connectivity index (χ1) is 16.6. The number of hydrogen-bond donors (Lipinski definition) is 3. The van der Waals surface area contributed by atoms with Crippen LogP contribution in [-0.2, 0) is 32.6 Å². The molecule has 0 bridgehead atoms. The minimum Gasteiger partial charge on any atom is -0.480 e. The highest BCUT2D eigenvalue weighted by Gasteiger charge is 2.34. The molecular formula is C25H26ClN3O5S. The van der Waals surface area contributed by atoms with E-state index in [0.29, 0.717) is 24.2 Å². The third-order valence-corrected chi connectivity index (χ3v) is 7.71. The number of carboxylic acids is 1. The smallest absolute Gasteiger partial charge is 0.327 e. The minimum absolute atomic E-state index is 0.00547. The molecule has 1 atom stereocenters. The van der Waals surface area contributed by atoms with Crippen molar-refractivity contribution in [1.29, 1.82) is 5.41 Å². The molecule has 8 nitrogen and oxygen atoms in total. The predicted molar refractivity (Wildman–Crippen MR) is 135 cm³/mol. The second-order valence-electron chi connectivity index (χ2n) is 7.83. The lowest BCUT2D eigenvalue weighted by molar-refractivity contribution is -0.137. The molecule has 0 fully saturated rings. The molecule has 0 radical (unpaired) electrons. The first-order valence-corrected chi connectivity index (χ1v) is 12.5. The van der Waals surface area contributed by atoms with Gasteiger partial charge in [-0.1, -0.05) is 60.1 Å². The second kappa shape index (κ2) is 11.4. The maximum Gasteiger partial charge on any atom is 0.327 e. The number of nitrogen functional groups attached to an aromatic ring is 1. The summed E-state index contributed by atoms with van der Waals surface area (Å²) >= 11 is 6.12. The molecule has 0 aliphatic carbocycles. The topological polar surface area (TPSA) is 134 Å². The molecule has 0 saturated carbocycles. The van der Waals surface area contributed by atoms with Crippen LogP contribution >= 0.6 is 11.6 Å². The number of hydrogen-bond acceptors (Lipinski definition) is 5. The summed E-state index contributed by atoms with van der Waals surface area (Å²) < 4.78 is 33.5. The molecule has 184 valence electrons. The van der Waals surface area contributed by atoms with E-state index >= 15 is 0 Å². The molecule has 3 aromatic carbocycles. The molecule has 4 N–H and O–H groups in total. The normalized spacial score (nSPS) is 12.2. The number of benzene rings is 3. The molecule has 10 heteroatoms. The Morgan fingerprint density at radius 2 is 1.77 bits per heavy atom. The highest BCUT2D eigenvalue weighted by atomic mass is 35.5. The van der Waals surface area contributed by atoms with Crippen molar-refractivity contribution >= 4 is 39.1 Å². The molecule has 0 aliphatic rings. The Kier molecular flexibility index (Phi) is 8.50. The summed E-state index contributed by atoms with van der Waals surface area (Å²) in [5.41, 5.74) is 8.02. The van der Waals surface area contributed by atoms with E-state index < -0.39 is 22.0 Å². The van der Waals surface area contributed by atoms with Gasteiger partial charge in [-0.05, 0) is 48.7 Å². The molecule has 1 unspecified atom stereocenters. The fraction of sp³-hybridized carbons (Fsp3) is 0.200. The average molecular weight is 516 g/mol. The number of ether oxygens (including phenoxy) is 1.